The van der Waals surface area contributed by atoms with Crippen LogP contribution < -0.4 is 0 Å². The minimum atomic E-state index is -0.561. The number of fused-ring (bicyclic) bond motifs is 1. The van der Waals surface area contributed by atoms with Gasteiger partial charge in [0.2, 0.25) is 0 Å². The number of imidazole rings is 1. The second-order valence-corrected chi connectivity index (χ2v) is 7.25. The Kier molecular flexibility index (Phi) is 12.9. The summed E-state index contributed by atoms with van der Waals surface area (Å²) in [6.45, 7) is 17.7. The minimum Gasteiger partial charge on any atom is -0.443 e. The van der Waals surface area contributed by atoms with Gasteiger partial charge in [0.15, 0.2) is 6.73 Å². The maximum atomic E-state index is 12.3. The Morgan fingerprint density at radius 1 is 0.938 bits per heavy atom. The van der Waals surface area contributed by atoms with Crippen LogP contribution in [0, 0.1) is 5.41 Å². The molecule has 0 radical (unpaired) electrons. The van der Waals surface area contributed by atoms with Crippen LogP contribution in [0.4, 0.5) is 0 Å². The first-order chi connectivity index (χ1) is 15.3. The molecule has 7 nitrogen and oxygen atoms in total. The van der Waals surface area contributed by atoms with Crippen molar-refractivity contribution in [2.75, 3.05) is 6.54 Å². The zero-order valence-electron chi connectivity index (χ0n) is 21.1. The normalized spacial score (nSPS) is 11.8. The molecule has 0 unspecified atom stereocenters. The van der Waals surface area contributed by atoms with E-state index in [1.54, 1.807) is 62.1 Å². The van der Waals surface area contributed by atoms with Gasteiger partial charge in [-0.15, -0.1) is 0 Å². The molecule has 1 aromatic heterocycles. The molecule has 0 atom stereocenters. The molecule has 2 heterocycles. The Morgan fingerprint density at radius 3 is 1.91 bits per heavy atom. The summed E-state index contributed by atoms with van der Waals surface area (Å²) in [4.78, 5) is 41.9. The molecule has 1 aliphatic rings. The number of nitrogens with zero attached hydrogens (tertiary/aromatic N) is 3. The number of amides is 2. The SMILES string of the molecule is CC.CC.CC.CC(C)(C)C(=O)OCn1cnc(CCN2C(=O)c3ccccc3C2=O)c1. The highest BCUT2D eigenvalue weighted by atomic mass is 16.5. The summed E-state index contributed by atoms with van der Waals surface area (Å²) in [5.74, 6) is -0.841. The highest BCUT2D eigenvalue weighted by molar-refractivity contribution is 6.21. The van der Waals surface area contributed by atoms with Crippen LogP contribution in [0.5, 0.6) is 0 Å². The van der Waals surface area contributed by atoms with Crippen LogP contribution >= 0.6 is 0 Å². The first kappa shape index (κ1) is 29.0. The summed E-state index contributed by atoms with van der Waals surface area (Å²) in [7, 11) is 0. The second-order valence-electron chi connectivity index (χ2n) is 7.25. The summed E-state index contributed by atoms with van der Waals surface area (Å²) >= 11 is 0. The molecule has 2 amide bonds. The molecule has 7 heteroatoms. The second kappa shape index (κ2) is 14.2. The van der Waals surface area contributed by atoms with E-state index in [0.717, 1.165) is 0 Å². The number of imide groups is 1. The average Bonchev–Trinajstić information content (AvgIpc) is 3.37. The van der Waals surface area contributed by atoms with Gasteiger partial charge in [0.05, 0.1) is 28.6 Å². The third-order valence-corrected chi connectivity index (χ3v) is 4.11. The van der Waals surface area contributed by atoms with Crippen LogP contribution in [-0.4, -0.2) is 38.8 Å². The lowest BCUT2D eigenvalue weighted by atomic mass is 9.98. The fourth-order valence-electron chi connectivity index (χ4n) is 2.62. The zero-order valence-corrected chi connectivity index (χ0v) is 21.1. The quantitative estimate of drug-likeness (QED) is 0.458. The molecule has 0 bridgehead atoms. The van der Waals surface area contributed by atoms with E-state index in [9.17, 15) is 14.4 Å². The van der Waals surface area contributed by atoms with Crippen molar-refractivity contribution in [1.29, 1.82) is 0 Å². The van der Waals surface area contributed by atoms with Gasteiger partial charge in [0, 0.05) is 19.2 Å². The number of ether oxygens (including phenoxy) is 1. The van der Waals surface area contributed by atoms with Gasteiger partial charge in [-0.2, -0.15) is 0 Å². The Balaban J connectivity index is 0.00000148. The summed E-state index contributed by atoms with van der Waals surface area (Å²) in [6.07, 6.45) is 3.74. The van der Waals surface area contributed by atoms with E-state index in [2.05, 4.69) is 4.98 Å². The van der Waals surface area contributed by atoms with E-state index < -0.39 is 5.41 Å². The number of hydrogen-bond donors (Lipinski definition) is 0. The van der Waals surface area contributed by atoms with E-state index in [0.29, 0.717) is 23.2 Å². The van der Waals surface area contributed by atoms with E-state index in [1.807, 2.05) is 41.5 Å². The van der Waals surface area contributed by atoms with Crippen molar-refractivity contribution in [3.8, 4) is 0 Å². The molecule has 0 N–H and O–H groups in total. The number of benzene rings is 1. The Bertz CT molecular complexity index is 831. The van der Waals surface area contributed by atoms with Crippen molar-refractivity contribution in [1.82, 2.24) is 14.5 Å². The van der Waals surface area contributed by atoms with Gasteiger partial charge in [-0.25, -0.2) is 4.98 Å². The molecule has 0 fully saturated rings. The van der Waals surface area contributed by atoms with Crippen molar-refractivity contribution in [2.45, 2.75) is 75.5 Å². The van der Waals surface area contributed by atoms with E-state index >= 15 is 0 Å². The van der Waals surface area contributed by atoms with Crippen LogP contribution in [0.3, 0.4) is 0 Å². The highest BCUT2D eigenvalue weighted by Gasteiger charge is 2.34. The molecule has 2 aromatic rings. The van der Waals surface area contributed by atoms with Crippen molar-refractivity contribution in [2.24, 2.45) is 5.41 Å². The number of esters is 1. The predicted molar refractivity (Wildman–Crippen MR) is 127 cm³/mol. The zero-order chi connectivity index (χ0) is 24.9. The predicted octanol–water partition coefficient (Wildman–Crippen LogP) is 5.35. The monoisotopic (exact) mass is 445 g/mol. The van der Waals surface area contributed by atoms with Crippen LogP contribution in [0.15, 0.2) is 36.8 Å². The van der Waals surface area contributed by atoms with Crippen molar-refractivity contribution < 1.29 is 19.1 Å². The highest BCUT2D eigenvalue weighted by Crippen LogP contribution is 2.22. The van der Waals surface area contributed by atoms with Gasteiger partial charge in [0.25, 0.3) is 11.8 Å². The van der Waals surface area contributed by atoms with Gasteiger partial charge in [-0.3, -0.25) is 19.3 Å². The third-order valence-electron chi connectivity index (χ3n) is 4.11. The number of carbonyl (C=O) groups excluding carboxylic acids is 3. The Hall–Kier alpha value is -2.96. The fourth-order valence-corrected chi connectivity index (χ4v) is 2.62. The molecule has 0 spiro atoms. The molecular formula is C25H39N3O4. The van der Waals surface area contributed by atoms with Gasteiger partial charge in [0.1, 0.15) is 0 Å². The average molecular weight is 446 g/mol. The molecule has 1 aliphatic heterocycles. The number of rotatable bonds is 5. The van der Waals surface area contributed by atoms with Crippen LogP contribution in [0.25, 0.3) is 0 Å². The standard InChI is InChI=1S/C19H21N3O4.3C2H6/c1-19(2,3)18(25)26-12-21-10-13(20-11-21)8-9-22-16(23)14-6-4-5-7-15(14)17(22)24;3*1-2/h4-7,10-11H,8-9,12H2,1-3H3;3*1-2H3. The number of carbonyl (C=O) groups is 3. The van der Waals surface area contributed by atoms with Gasteiger partial charge in [-0.1, -0.05) is 53.7 Å². The van der Waals surface area contributed by atoms with E-state index in [1.165, 1.54) is 4.90 Å². The summed E-state index contributed by atoms with van der Waals surface area (Å²) < 4.78 is 6.88. The lowest BCUT2D eigenvalue weighted by Gasteiger charge is -2.16. The molecule has 32 heavy (non-hydrogen) atoms. The van der Waals surface area contributed by atoms with Crippen molar-refractivity contribution >= 4 is 17.8 Å². The topological polar surface area (TPSA) is 81.5 Å². The fraction of sp³-hybridized carbons (Fsp3) is 0.520. The molecular weight excluding hydrogens is 406 g/mol. The lowest BCUT2D eigenvalue weighted by molar-refractivity contribution is -0.156. The molecule has 0 saturated heterocycles. The molecule has 1 aromatic carbocycles. The number of hydrogen-bond acceptors (Lipinski definition) is 5. The summed E-state index contributed by atoms with van der Waals surface area (Å²) in [5.41, 5.74) is 1.04. The Labute approximate surface area is 192 Å². The largest absolute Gasteiger partial charge is 0.443 e. The third kappa shape index (κ3) is 7.62. The van der Waals surface area contributed by atoms with Gasteiger partial charge >= 0.3 is 5.97 Å². The molecule has 0 aliphatic carbocycles. The minimum absolute atomic E-state index is 0.0795. The Morgan fingerprint density at radius 2 is 1.44 bits per heavy atom. The summed E-state index contributed by atoms with van der Waals surface area (Å²) in [6, 6.07) is 6.81. The maximum absolute atomic E-state index is 12.3. The van der Waals surface area contributed by atoms with Crippen LogP contribution in [0.1, 0.15) is 88.7 Å². The first-order valence-corrected chi connectivity index (χ1v) is 11.4. The van der Waals surface area contributed by atoms with E-state index in [-0.39, 0.29) is 31.1 Å². The summed E-state index contributed by atoms with van der Waals surface area (Å²) in [5, 5.41) is 0. The van der Waals surface area contributed by atoms with E-state index in [4.69, 9.17) is 4.74 Å². The van der Waals surface area contributed by atoms with Gasteiger partial charge < -0.3 is 9.30 Å². The van der Waals surface area contributed by atoms with Crippen LogP contribution in [0.2, 0.25) is 0 Å². The molecule has 0 saturated carbocycles. The lowest BCUT2D eigenvalue weighted by Crippen LogP contribution is -2.31. The molecule has 3 rings (SSSR count). The number of aromatic nitrogens is 2. The van der Waals surface area contributed by atoms with Crippen molar-refractivity contribution in [3.05, 3.63) is 53.6 Å². The van der Waals surface area contributed by atoms with Gasteiger partial charge in [-0.05, 0) is 32.9 Å². The van der Waals surface area contributed by atoms with Crippen LogP contribution in [-0.2, 0) is 22.7 Å². The smallest absolute Gasteiger partial charge is 0.312 e. The molecule has 178 valence electrons. The van der Waals surface area contributed by atoms with Crippen molar-refractivity contribution in [3.63, 3.8) is 0 Å². The maximum Gasteiger partial charge on any atom is 0.312 e. The first-order valence-electron chi connectivity index (χ1n) is 11.4.